The molecule has 1 saturated heterocycles. The lowest BCUT2D eigenvalue weighted by Crippen LogP contribution is -2.63. The Morgan fingerprint density at radius 1 is 1.35 bits per heavy atom. The van der Waals surface area contributed by atoms with Crippen LogP contribution in [0, 0.1) is 0 Å². The minimum absolute atomic E-state index is 0.484. The molecular weight excluding hydrogens is 208 g/mol. The van der Waals surface area contributed by atoms with E-state index in [-0.39, 0.29) is 0 Å². The first-order valence-electron chi connectivity index (χ1n) is 7.28. The molecule has 0 aromatic rings. The quantitative estimate of drug-likeness (QED) is 0.758. The van der Waals surface area contributed by atoms with Crippen LogP contribution in [0.3, 0.4) is 0 Å². The summed E-state index contributed by atoms with van der Waals surface area (Å²) in [6, 6.07) is 0.701. The van der Waals surface area contributed by atoms with Gasteiger partial charge in [-0.3, -0.25) is 4.90 Å². The molecule has 1 heterocycles. The van der Waals surface area contributed by atoms with Gasteiger partial charge < -0.3 is 5.32 Å². The van der Waals surface area contributed by atoms with E-state index in [0.29, 0.717) is 11.6 Å². The monoisotopic (exact) mass is 236 g/mol. The number of piperazine rings is 1. The summed E-state index contributed by atoms with van der Waals surface area (Å²) in [5, 5.41) is 3.76. The molecule has 2 fully saturated rings. The van der Waals surface area contributed by atoms with Crippen LogP contribution in [0.5, 0.6) is 0 Å². The van der Waals surface area contributed by atoms with Crippen LogP contribution in [0.25, 0.3) is 0 Å². The smallest absolute Gasteiger partial charge is 0.0338 e. The predicted octanol–water partition coefficient (Wildman–Crippen LogP) is 2.95. The maximum absolute atomic E-state index is 3.76. The number of hydrogen-bond donors (Lipinski definition) is 1. The highest BCUT2D eigenvalue weighted by Gasteiger charge is 2.42. The zero-order valence-corrected chi connectivity index (χ0v) is 11.8. The van der Waals surface area contributed by atoms with Gasteiger partial charge in [-0.15, -0.1) is 0 Å². The molecule has 0 aromatic heterocycles. The highest BCUT2D eigenvalue weighted by Crippen LogP contribution is 2.37. The van der Waals surface area contributed by atoms with E-state index in [1.807, 2.05) is 0 Å². The third-order valence-electron chi connectivity index (χ3n) is 4.58. The number of hydrogen-bond acceptors (Lipinski definition) is 2. The van der Waals surface area contributed by atoms with Crippen molar-refractivity contribution in [2.45, 2.75) is 64.5 Å². The molecule has 2 heteroatoms. The average Bonchev–Trinajstić information content (AvgIpc) is 2.77. The maximum Gasteiger partial charge on any atom is 0.0338 e. The number of nitrogens with one attached hydrogen (secondary N) is 1. The van der Waals surface area contributed by atoms with Gasteiger partial charge in [0.25, 0.3) is 0 Å². The van der Waals surface area contributed by atoms with Crippen molar-refractivity contribution in [3.63, 3.8) is 0 Å². The molecule has 1 aliphatic heterocycles. The zero-order chi connectivity index (χ0) is 12.3. The van der Waals surface area contributed by atoms with Crippen molar-refractivity contribution in [1.29, 1.82) is 0 Å². The molecule has 1 saturated carbocycles. The third-order valence-corrected chi connectivity index (χ3v) is 4.58. The molecule has 0 aromatic carbocycles. The van der Waals surface area contributed by atoms with Crippen LogP contribution in [-0.2, 0) is 0 Å². The lowest BCUT2D eigenvalue weighted by molar-refractivity contribution is 0.0533. The summed E-state index contributed by atoms with van der Waals surface area (Å²) in [6.45, 7) is 10.3. The minimum atomic E-state index is 0.484. The predicted molar refractivity (Wildman–Crippen MR) is 74.3 cm³/mol. The van der Waals surface area contributed by atoms with Crippen LogP contribution in [0.2, 0.25) is 0 Å². The first-order valence-corrected chi connectivity index (χ1v) is 7.28. The van der Waals surface area contributed by atoms with Crippen molar-refractivity contribution >= 4 is 0 Å². The van der Waals surface area contributed by atoms with Gasteiger partial charge in [-0.2, -0.15) is 0 Å². The van der Waals surface area contributed by atoms with Crippen molar-refractivity contribution in [2.24, 2.45) is 0 Å². The first-order chi connectivity index (χ1) is 8.16. The van der Waals surface area contributed by atoms with E-state index in [0.717, 1.165) is 6.54 Å². The fourth-order valence-corrected chi connectivity index (χ4v) is 3.33. The molecule has 1 N–H and O–H groups in total. The van der Waals surface area contributed by atoms with E-state index in [4.69, 9.17) is 0 Å². The highest BCUT2D eigenvalue weighted by molar-refractivity contribution is 5.05. The van der Waals surface area contributed by atoms with Gasteiger partial charge in [-0.25, -0.2) is 0 Å². The Balaban J connectivity index is 2.06. The molecule has 1 spiro atoms. The van der Waals surface area contributed by atoms with Gasteiger partial charge in [0, 0.05) is 31.2 Å². The molecule has 2 aliphatic rings. The number of nitrogens with zero attached hydrogens (tertiary/aromatic N) is 1. The van der Waals surface area contributed by atoms with Gasteiger partial charge in [0.15, 0.2) is 0 Å². The van der Waals surface area contributed by atoms with Gasteiger partial charge in [-0.05, 0) is 33.1 Å². The first kappa shape index (κ1) is 13.1. The second kappa shape index (κ2) is 5.53. The van der Waals surface area contributed by atoms with E-state index in [9.17, 15) is 0 Å². The van der Waals surface area contributed by atoms with Crippen LogP contribution in [0.15, 0.2) is 11.6 Å². The lowest BCUT2D eigenvalue weighted by atomic mass is 9.90. The van der Waals surface area contributed by atoms with Crippen LogP contribution in [-0.4, -0.2) is 36.1 Å². The Kier molecular flexibility index (Phi) is 4.26. The molecule has 1 aliphatic carbocycles. The topological polar surface area (TPSA) is 15.3 Å². The molecule has 1 atom stereocenters. The highest BCUT2D eigenvalue weighted by atomic mass is 15.3. The molecule has 1 unspecified atom stereocenters. The Morgan fingerprint density at radius 2 is 2.06 bits per heavy atom. The molecule has 2 nitrogen and oxygen atoms in total. The Labute approximate surface area is 106 Å². The summed E-state index contributed by atoms with van der Waals surface area (Å²) in [6.07, 6.45) is 9.28. The van der Waals surface area contributed by atoms with E-state index in [1.54, 1.807) is 0 Å². The van der Waals surface area contributed by atoms with E-state index in [1.165, 1.54) is 50.8 Å². The van der Waals surface area contributed by atoms with Gasteiger partial charge >= 0.3 is 0 Å². The lowest BCUT2D eigenvalue weighted by Gasteiger charge is -2.48. The standard InChI is InChI=1S/C15H28N2/c1-4-14-11-17(10-7-13(2)3)15(12-16-14)8-5-6-9-15/h7,14,16H,4-6,8-12H2,1-3H3. The number of rotatable bonds is 3. The van der Waals surface area contributed by atoms with Gasteiger partial charge in [0.2, 0.25) is 0 Å². The Morgan fingerprint density at radius 3 is 2.65 bits per heavy atom. The summed E-state index contributed by atoms with van der Waals surface area (Å²) in [4.78, 5) is 2.76. The van der Waals surface area contributed by atoms with Crippen molar-refractivity contribution in [2.75, 3.05) is 19.6 Å². The third kappa shape index (κ3) is 2.92. The summed E-state index contributed by atoms with van der Waals surface area (Å²) in [5.41, 5.74) is 1.93. The van der Waals surface area contributed by atoms with E-state index >= 15 is 0 Å². The summed E-state index contributed by atoms with van der Waals surface area (Å²) in [5.74, 6) is 0. The summed E-state index contributed by atoms with van der Waals surface area (Å²) in [7, 11) is 0. The molecule has 0 amide bonds. The molecule has 0 bridgehead atoms. The summed E-state index contributed by atoms with van der Waals surface area (Å²) < 4.78 is 0. The van der Waals surface area contributed by atoms with E-state index in [2.05, 4.69) is 37.1 Å². The number of allylic oxidation sites excluding steroid dienone is 1. The summed E-state index contributed by atoms with van der Waals surface area (Å²) >= 11 is 0. The van der Waals surface area contributed by atoms with Gasteiger partial charge in [0.05, 0.1) is 0 Å². The molecule has 0 radical (unpaired) electrons. The van der Waals surface area contributed by atoms with E-state index < -0.39 is 0 Å². The van der Waals surface area contributed by atoms with Crippen molar-refractivity contribution in [3.8, 4) is 0 Å². The van der Waals surface area contributed by atoms with Crippen molar-refractivity contribution < 1.29 is 0 Å². The van der Waals surface area contributed by atoms with Crippen molar-refractivity contribution in [1.82, 2.24) is 10.2 Å². The second-order valence-electron chi connectivity index (χ2n) is 6.10. The van der Waals surface area contributed by atoms with Crippen molar-refractivity contribution in [3.05, 3.63) is 11.6 Å². The minimum Gasteiger partial charge on any atom is -0.311 e. The zero-order valence-electron chi connectivity index (χ0n) is 11.8. The fourth-order valence-electron chi connectivity index (χ4n) is 3.33. The van der Waals surface area contributed by atoms with Gasteiger partial charge in [-0.1, -0.05) is 31.4 Å². The van der Waals surface area contributed by atoms with Crippen LogP contribution in [0.4, 0.5) is 0 Å². The largest absolute Gasteiger partial charge is 0.311 e. The second-order valence-corrected chi connectivity index (χ2v) is 6.10. The normalized spacial score (nSPS) is 28.5. The van der Waals surface area contributed by atoms with Crippen LogP contribution in [0.1, 0.15) is 52.9 Å². The van der Waals surface area contributed by atoms with Gasteiger partial charge in [0.1, 0.15) is 0 Å². The SMILES string of the molecule is CCC1CN(CC=C(C)C)C2(CCCC2)CN1. The average molecular weight is 236 g/mol. The molecule has 98 valence electrons. The Hall–Kier alpha value is -0.340. The van der Waals surface area contributed by atoms with Crippen LogP contribution < -0.4 is 5.32 Å². The molecule has 17 heavy (non-hydrogen) atoms. The van der Waals surface area contributed by atoms with Crippen LogP contribution >= 0.6 is 0 Å². The maximum atomic E-state index is 3.76. The molecule has 2 rings (SSSR count). The fraction of sp³-hybridized carbons (Fsp3) is 0.867. The molecular formula is C15H28N2. The Bertz CT molecular complexity index is 273.